The third-order valence-corrected chi connectivity index (χ3v) is 5.01. The van der Waals surface area contributed by atoms with Gasteiger partial charge in [0, 0.05) is 7.05 Å². The number of carbonyl (C=O) groups is 1. The Morgan fingerprint density at radius 2 is 2.00 bits per heavy atom. The second kappa shape index (κ2) is 6.55. The molecule has 21 heavy (non-hydrogen) atoms. The number of carbonyl (C=O) groups excluding carboxylic acids is 1. The Kier molecular flexibility index (Phi) is 5.28. The van der Waals surface area contributed by atoms with Crippen LogP contribution < -0.4 is 0 Å². The van der Waals surface area contributed by atoms with Crippen LogP contribution in [0.15, 0.2) is 47.9 Å². The molecule has 0 bridgehead atoms. The second-order valence-electron chi connectivity index (χ2n) is 4.86. The molecule has 1 unspecified atom stereocenters. The molecule has 0 aliphatic rings. The van der Waals surface area contributed by atoms with Crippen molar-refractivity contribution in [2.75, 3.05) is 7.05 Å². The van der Waals surface area contributed by atoms with Crippen molar-refractivity contribution >= 4 is 15.9 Å². The molecule has 1 amide bonds. The molecule has 0 aromatic heterocycles. The first kappa shape index (κ1) is 16.9. The first-order valence-electron chi connectivity index (χ1n) is 6.40. The molecule has 1 aromatic rings. The van der Waals surface area contributed by atoms with Gasteiger partial charge in [-0.3, -0.25) is 4.79 Å². The number of hydrogen-bond acceptors (Lipinski definition) is 4. The Bertz CT molecular complexity index is 662. The normalized spacial score (nSPS) is 13.8. The van der Waals surface area contributed by atoms with Gasteiger partial charge in [-0.2, -0.15) is 5.26 Å². The number of hydrogen-bond donors (Lipinski definition) is 0. The van der Waals surface area contributed by atoms with Gasteiger partial charge in [0.1, 0.15) is 5.41 Å². The van der Waals surface area contributed by atoms with E-state index in [1.807, 2.05) is 6.07 Å². The van der Waals surface area contributed by atoms with Crippen LogP contribution in [-0.4, -0.2) is 25.7 Å². The fourth-order valence-corrected chi connectivity index (χ4v) is 3.05. The highest BCUT2D eigenvalue weighted by atomic mass is 32.2. The number of benzene rings is 1. The molecule has 0 N–H and O–H groups in total. The summed E-state index contributed by atoms with van der Waals surface area (Å²) in [5.74, 6) is -0.740. The summed E-state index contributed by atoms with van der Waals surface area (Å²) in [4.78, 5) is 12.4. The van der Waals surface area contributed by atoms with Crippen LogP contribution in [0.3, 0.4) is 0 Å². The summed E-state index contributed by atoms with van der Waals surface area (Å²) in [6.45, 7) is 4.99. The van der Waals surface area contributed by atoms with Gasteiger partial charge in [-0.1, -0.05) is 24.3 Å². The van der Waals surface area contributed by atoms with Crippen LogP contribution >= 0.6 is 0 Å². The Balaban J connectivity index is 3.13. The summed E-state index contributed by atoms with van der Waals surface area (Å²) in [5, 5.41) is 9.24. The first-order valence-corrected chi connectivity index (χ1v) is 7.84. The average molecular weight is 306 g/mol. The Morgan fingerprint density at radius 3 is 2.48 bits per heavy atom. The lowest BCUT2D eigenvalue weighted by Crippen LogP contribution is -2.42. The van der Waals surface area contributed by atoms with Gasteiger partial charge in [-0.15, -0.1) is 6.58 Å². The number of amides is 1. The lowest BCUT2D eigenvalue weighted by molar-refractivity contribution is -0.132. The highest BCUT2D eigenvalue weighted by Gasteiger charge is 2.39. The molecule has 6 heteroatoms. The minimum atomic E-state index is -3.95. The van der Waals surface area contributed by atoms with Crippen molar-refractivity contribution in [3.63, 3.8) is 0 Å². The molecule has 0 saturated heterocycles. The molecule has 0 heterocycles. The van der Waals surface area contributed by atoms with E-state index in [4.69, 9.17) is 0 Å². The molecule has 112 valence electrons. The first-order chi connectivity index (χ1) is 9.79. The van der Waals surface area contributed by atoms with Gasteiger partial charge < -0.3 is 0 Å². The van der Waals surface area contributed by atoms with E-state index in [9.17, 15) is 18.5 Å². The van der Waals surface area contributed by atoms with E-state index in [0.29, 0.717) is 10.7 Å². The molecule has 0 aliphatic carbocycles. The number of nitriles is 1. The largest absolute Gasteiger partial charge is 0.272 e. The van der Waals surface area contributed by atoms with E-state index in [1.54, 1.807) is 24.3 Å². The molecule has 0 fully saturated rings. The monoisotopic (exact) mass is 306 g/mol. The van der Waals surface area contributed by atoms with E-state index < -0.39 is 21.3 Å². The zero-order chi connectivity index (χ0) is 16.1. The highest BCUT2D eigenvalue weighted by Crippen LogP contribution is 2.27. The van der Waals surface area contributed by atoms with Gasteiger partial charge in [0.15, 0.2) is 0 Å². The average Bonchev–Trinajstić information content (AvgIpc) is 2.51. The topological polar surface area (TPSA) is 78.2 Å². The minimum Gasteiger partial charge on any atom is -0.272 e. The van der Waals surface area contributed by atoms with Crippen LogP contribution in [0, 0.1) is 16.7 Å². The number of sulfonamides is 1. The Hall–Kier alpha value is -2.13. The van der Waals surface area contributed by atoms with Crippen molar-refractivity contribution in [3.05, 3.63) is 43.0 Å². The summed E-state index contributed by atoms with van der Waals surface area (Å²) in [6.07, 6.45) is 2.27. The number of nitrogens with zero attached hydrogens (tertiary/aromatic N) is 2. The fraction of sp³-hybridized carbons (Fsp3) is 0.333. The second-order valence-corrected chi connectivity index (χ2v) is 6.83. The number of allylic oxidation sites excluding steroid dienone is 1. The molecule has 0 saturated carbocycles. The molecular formula is C15H18N2O3S. The lowest BCUT2D eigenvalue weighted by atomic mass is 9.86. The van der Waals surface area contributed by atoms with Crippen LogP contribution in [0.2, 0.25) is 0 Å². The van der Waals surface area contributed by atoms with Crippen LogP contribution in [0.25, 0.3) is 0 Å². The predicted molar refractivity (Wildman–Crippen MR) is 79.5 cm³/mol. The molecule has 0 aliphatic heterocycles. The van der Waals surface area contributed by atoms with Gasteiger partial charge in [0.25, 0.3) is 15.9 Å². The third-order valence-electron chi connectivity index (χ3n) is 3.25. The summed E-state index contributed by atoms with van der Waals surface area (Å²) in [5.41, 5.74) is -1.40. The van der Waals surface area contributed by atoms with Gasteiger partial charge in [0.05, 0.1) is 11.0 Å². The van der Waals surface area contributed by atoms with E-state index >= 15 is 0 Å². The van der Waals surface area contributed by atoms with E-state index in [2.05, 4.69) is 6.58 Å². The maximum Gasteiger partial charge on any atom is 0.266 e. The SMILES string of the molecule is C=CCCC(C)(C#N)C(=O)N(C)S(=O)(=O)c1ccccc1. The molecule has 1 aromatic carbocycles. The zero-order valence-electron chi connectivity index (χ0n) is 12.1. The van der Waals surface area contributed by atoms with Gasteiger partial charge in [-0.25, -0.2) is 12.7 Å². The molecular weight excluding hydrogens is 288 g/mol. The van der Waals surface area contributed by atoms with Crippen LogP contribution in [0.4, 0.5) is 0 Å². The Labute approximate surface area is 125 Å². The predicted octanol–water partition coefficient (Wildman–Crippen LogP) is 2.33. The summed E-state index contributed by atoms with van der Waals surface area (Å²) in [6, 6.07) is 9.57. The van der Waals surface area contributed by atoms with E-state index in [0.717, 1.165) is 0 Å². The minimum absolute atomic E-state index is 0.0184. The quantitative estimate of drug-likeness (QED) is 0.756. The van der Waals surface area contributed by atoms with Crippen LogP contribution in [0.5, 0.6) is 0 Å². The maximum atomic E-state index is 12.4. The van der Waals surface area contributed by atoms with Gasteiger partial charge >= 0.3 is 0 Å². The standard InChI is InChI=1S/C15H18N2O3S/c1-4-5-11-15(2,12-16)14(18)17(3)21(19,20)13-9-7-6-8-10-13/h4,6-10H,1,5,11H2,2-3H3. The van der Waals surface area contributed by atoms with Gasteiger partial charge in [-0.05, 0) is 31.9 Å². The van der Waals surface area contributed by atoms with Crippen molar-refractivity contribution in [3.8, 4) is 6.07 Å². The maximum absolute atomic E-state index is 12.4. The van der Waals surface area contributed by atoms with Crippen LogP contribution in [0.1, 0.15) is 19.8 Å². The smallest absolute Gasteiger partial charge is 0.266 e. The number of rotatable bonds is 6. The van der Waals surface area contributed by atoms with E-state index in [1.165, 1.54) is 26.1 Å². The summed E-state index contributed by atoms with van der Waals surface area (Å²) < 4.78 is 25.4. The molecule has 0 spiro atoms. The molecule has 0 radical (unpaired) electrons. The van der Waals surface area contributed by atoms with E-state index in [-0.39, 0.29) is 11.3 Å². The lowest BCUT2D eigenvalue weighted by Gasteiger charge is -2.26. The zero-order valence-corrected chi connectivity index (χ0v) is 12.9. The fourth-order valence-electron chi connectivity index (χ4n) is 1.81. The Morgan fingerprint density at radius 1 is 1.43 bits per heavy atom. The molecule has 1 rings (SSSR count). The van der Waals surface area contributed by atoms with Crippen molar-refractivity contribution < 1.29 is 13.2 Å². The highest BCUT2D eigenvalue weighted by molar-refractivity contribution is 7.89. The molecule has 5 nitrogen and oxygen atoms in total. The van der Waals surface area contributed by atoms with Crippen molar-refractivity contribution in [1.82, 2.24) is 4.31 Å². The van der Waals surface area contributed by atoms with Crippen molar-refractivity contribution in [1.29, 1.82) is 5.26 Å². The van der Waals surface area contributed by atoms with Crippen molar-refractivity contribution in [2.45, 2.75) is 24.7 Å². The van der Waals surface area contributed by atoms with Crippen molar-refractivity contribution in [2.24, 2.45) is 5.41 Å². The third kappa shape index (κ3) is 3.50. The summed E-state index contributed by atoms with van der Waals surface area (Å²) >= 11 is 0. The molecule has 1 atom stereocenters. The summed E-state index contributed by atoms with van der Waals surface area (Å²) in [7, 11) is -2.77. The van der Waals surface area contributed by atoms with Crippen LogP contribution in [-0.2, 0) is 14.8 Å². The van der Waals surface area contributed by atoms with Gasteiger partial charge in [0.2, 0.25) is 0 Å².